The van der Waals surface area contributed by atoms with Gasteiger partial charge in [-0.25, -0.2) is 9.97 Å². The molecule has 0 saturated carbocycles. The molecule has 4 aromatic carbocycles. The fourth-order valence-corrected chi connectivity index (χ4v) is 5.33. The van der Waals surface area contributed by atoms with Gasteiger partial charge in [0.05, 0.1) is 11.1 Å². The lowest BCUT2D eigenvalue weighted by molar-refractivity contribution is 0.596. The average Bonchev–Trinajstić information content (AvgIpc) is 3.21. The van der Waals surface area contributed by atoms with Crippen LogP contribution >= 0.6 is 0 Å². The first-order valence-electron chi connectivity index (χ1n) is 12.4. The van der Waals surface area contributed by atoms with E-state index in [9.17, 15) is 0 Å². The van der Waals surface area contributed by atoms with Crippen LogP contribution in [-0.4, -0.2) is 9.97 Å². The summed E-state index contributed by atoms with van der Waals surface area (Å²) < 4.78 is 6.38. The summed E-state index contributed by atoms with van der Waals surface area (Å²) in [5.74, 6) is 0.625. The first-order chi connectivity index (χ1) is 16.8. The smallest absolute Gasteiger partial charge is 0.231 e. The quantitative estimate of drug-likeness (QED) is 0.266. The Labute approximate surface area is 205 Å². The third kappa shape index (κ3) is 3.67. The standard InChI is InChI=1S/C32H30N2O/c1-19(2)14-20-10-12-25-22(15-20)11-13-26-28-29(33-18-34-31(28)35-30(25)26)23-16-21-8-6-7-9-24(21)27(17-23)32(3,4)5/h6-13,15-19H,14H2,1-5H3. The Morgan fingerprint density at radius 3 is 2.37 bits per heavy atom. The Kier molecular flexibility index (Phi) is 4.93. The number of furan rings is 1. The molecular weight excluding hydrogens is 428 g/mol. The van der Waals surface area contributed by atoms with Crippen molar-refractivity contribution in [3.63, 3.8) is 0 Å². The van der Waals surface area contributed by atoms with E-state index in [1.807, 2.05) is 0 Å². The number of fused-ring (bicyclic) bond motifs is 6. The minimum atomic E-state index is 0.00409. The van der Waals surface area contributed by atoms with Gasteiger partial charge in [0, 0.05) is 16.3 Å². The Balaban J connectivity index is 1.62. The van der Waals surface area contributed by atoms with Crippen molar-refractivity contribution in [2.24, 2.45) is 5.92 Å². The monoisotopic (exact) mass is 458 g/mol. The predicted molar refractivity (Wildman–Crippen MR) is 147 cm³/mol. The molecule has 2 heterocycles. The van der Waals surface area contributed by atoms with Crippen LogP contribution < -0.4 is 0 Å². The van der Waals surface area contributed by atoms with Gasteiger partial charge in [0.15, 0.2) is 0 Å². The second-order valence-corrected chi connectivity index (χ2v) is 11.1. The van der Waals surface area contributed by atoms with Crippen LogP contribution in [0.2, 0.25) is 0 Å². The van der Waals surface area contributed by atoms with Crippen molar-refractivity contribution in [3.05, 3.63) is 84.2 Å². The molecule has 0 aliphatic heterocycles. The van der Waals surface area contributed by atoms with Gasteiger partial charge < -0.3 is 4.42 Å². The summed E-state index contributed by atoms with van der Waals surface area (Å²) in [5.41, 5.74) is 6.20. The highest BCUT2D eigenvalue weighted by Gasteiger charge is 2.21. The van der Waals surface area contributed by atoms with Crippen molar-refractivity contribution < 1.29 is 4.42 Å². The van der Waals surface area contributed by atoms with Crippen molar-refractivity contribution in [2.75, 3.05) is 0 Å². The normalized spacial score (nSPS) is 12.5. The molecule has 0 amide bonds. The molecule has 6 rings (SSSR count). The van der Waals surface area contributed by atoms with Gasteiger partial charge in [0.2, 0.25) is 5.71 Å². The molecule has 35 heavy (non-hydrogen) atoms. The second kappa shape index (κ2) is 7.91. The van der Waals surface area contributed by atoms with Gasteiger partial charge in [-0.05, 0) is 63.2 Å². The molecule has 0 N–H and O–H groups in total. The molecule has 0 aliphatic carbocycles. The van der Waals surface area contributed by atoms with Crippen LogP contribution in [0, 0.1) is 5.92 Å². The Bertz CT molecular complexity index is 1730. The average molecular weight is 459 g/mol. The maximum atomic E-state index is 6.38. The highest BCUT2D eigenvalue weighted by atomic mass is 16.3. The topological polar surface area (TPSA) is 38.9 Å². The second-order valence-electron chi connectivity index (χ2n) is 11.1. The molecule has 0 radical (unpaired) electrons. The summed E-state index contributed by atoms with van der Waals surface area (Å²) in [7, 11) is 0. The summed E-state index contributed by atoms with van der Waals surface area (Å²) in [6.45, 7) is 11.3. The summed E-state index contributed by atoms with van der Waals surface area (Å²) >= 11 is 0. The molecule has 174 valence electrons. The van der Waals surface area contributed by atoms with Gasteiger partial charge in [-0.3, -0.25) is 0 Å². The molecule has 0 fully saturated rings. The molecule has 0 spiro atoms. The van der Waals surface area contributed by atoms with E-state index in [0.717, 1.165) is 39.4 Å². The lowest BCUT2D eigenvalue weighted by Crippen LogP contribution is -2.12. The third-order valence-corrected chi connectivity index (χ3v) is 6.90. The summed E-state index contributed by atoms with van der Waals surface area (Å²) in [6, 6.07) is 24.2. The number of nitrogens with zero attached hydrogens (tertiary/aromatic N) is 2. The summed E-state index contributed by atoms with van der Waals surface area (Å²) in [6.07, 6.45) is 2.69. The lowest BCUT2D eigenvalue weighted by atomic mass is 9.82. The molecule has 0 unspecified atom stereocenters. The van der Waals surface area contributed by atoms with Crippen LogP contribution in [-0.2, 0) is 11.8 Å². The molecule has 3 nitrogen and oxygen atoms in total. The van der Waals surface area contributed by atoms with Gasteiger partial charge >= 0.3 is 0 Å². The highest BCUT2D eigenvalue weighted by molar-refractivity contribution is 6.18. The molecule has 6 aromatic rings. The van der Waals surface area contributed by atoms with Crippen LogP contribution in [0.3, 0.4) is 0 Å². The van der Waals surface area contributed by atoms with Crippen molar-refractivity contribution in [2.45, 2.75) is 46.5 Å². The van der Waals surface area contributed by atoms with E-state index in [1.165, 1.54) is 27.3 Å². The SMILES string of the molecule is CC(C)Cc1ccc2c(ccc3c2oc2ncnc(-c4cc(C(C)(C)C)c5ccccc5c4)c23)c1. The zero-order valence-electron chi connectivity index (χ0n) is 21.0. The van der Waals surface area contributed by atoms with Crippen LogP contribution in [0.1, 0.15) is 45.7 Å². The van der Waals surface area contributed by atoms with Crippen molar-refractivity contribution >= 4 is 43.6 Å². The van der Waals surface area contributed by atoms with Crippen molar-refractivity contribution in [3.8, 4) is 11.3 Å². The van der Waals surface area contributed by atoms with E-state index in [1.54, 1.807) is 6.33 Å². The number of rotatable bonds is 3. The fraction of sp³-hybridized carbons (Fsp3) is 0.250. The molecule has 0 bridgehead atoms. The van der Waals surface area contributed by atoms with E-state index in [4.69, 9.17) is 9.40 Å². The number of hydrogen-bond donors (Lipinski definition) is 0. The summed E-state index contributed by atoms with van der Waals surface area (Å²) in [4.78, 5) is 9.31. The highest BCUT2D eigenvalue weighted by Crippen LogP contribution is 2.40. The minimum Gasteiger partial charge on any atom is -0.437 e. The maximum Gasteiger partial charge on any atom is 0.231 e. The van der Waals surface area contributed by atoms with E-state index in [-0.39, 0.29) is 5.41 Å². The fourth-order valence-electron chi connectivity index (χ4n) is 5.33. The van der Waals surface area contributed by atoms with E-state index >= 15 is 0 Å². The van der Waals surface area contributed by atoms with Gasteiger partial charge in [0.25, 0.3) is 0 Å². The van der Waals surface area contributed by atoms with Gasteiger partial charge in [-0.15, -0.1) is 0 Å². The molecule has 0 saturated heterocycles. The number of aromatic nitrogens is 2. The molecule has 0 aliphatic rings. The Hall–Kier alpha value is -3.72. The van der Waals surface area contributed by atoms with Crippen LogP contribution in [0.25, 0.3) is 54.9 Å². The van der Waals surface area contributed by atoms with Crippen LogP contribution in [0.15, 0.2) is 77.5 Å². The van der Waals surface area contributed by atoms with E-state index < -0.39 is 0 Å². The first kappa shape index (κ1) is 21.8. The van der Waals surface area contributed by atoms with Gasteiger partial charge in [-0.2, -0.15) is 0 Å². The molecular formula is C32H30N2O. The minimum absolute atomic E-state index is 0.00409. The van der Waals surface area contributed by atoms with Crippen molar-refractivity contribution in [1.29, 1.82) is 0 Å². The Morgan fingerprint density at radius 2 is 1.57 bits per heavy atom. The molecule has 0 atom stereocenters. The van der Waals surface area contributed by atoms with Gasteiger partial charge in [0.1, 0.15) is 11.9 Å². The lowest BCUT2D eigenvalue weighted by Gasteiger charge is -2.22. The van der Waals surface area contributed by atoms with Crippen LogP contribution in [0.5, 0.6) is 0 Å². The summed E-state index contributed by atoms with van der Waals surface area (Å²) in [5, 5.41) is 6.86. The number of benzene rings is 4. The molecule has 2 aromatic heterocycles. The Morgan fingerprint density at radius 1 is 0.800 bits per heavy atom. The largest absolute Gasteiger partial charge is 0.437 e. The van der Waals surface area contributed by atoms with E-state index in [0.29, 0.717) is 11.6 Å². The van der Waals surface area contributed by atoms with Crippen molar-refractivity contribution in [1.82, 2.24) is 9.97 Å². The number of hydrogen-bond acceptors (Lipinski definition) is 3. The zero-order chi connectivity index (χ0) is 24.3. The predicted octanol–water partition coefficient (Wildman–Crippen LogP) is 8.85. The third-order valence-electron chi connectivity index (χ3n) is 6.90. The van der Waals surface area contributed by atoms with Crippen LogP contribution in [0.4, 0.5) is 0 Å². The van der Waals surface area contributed by atoms with E-state index in [2.05, 4.69) is 106 Å². The van der Waals surface area contributed by atoms with Gasteiger partial charge in [-0.1, -0.05) is 83.1 Å². The first-order valence-corrected chi connectivity index (χ1v) is 12.4. The zero-order valence-corrected chi connectivity index (χ0v) is 21.0. The maximum absolute atomic E-state index is 6.38. The molecule has 3 heteroatoms.